The van der Waals surface area contributed by atoms with E-state index >= 15 is 0 Å². The van der Waals surface area contributed by atoms with E-state index in [0.717, 1.165) is 15.7 Å². The van der Waals surface area contributed by atoms with Crippen molar-refractivity contribution in [2.75, 3.05) is 11.9 Å². The quantitative estimate of drug-likeness (QED) is 0.846. The number of benzene rings is 1. The zero-order chi connectivity index (χ0) is 13.0. The summed E-state index contributed by atoms with van der Waals surface area (Å²) in [5, 5.41) is 5.47. The normalized spacial score (nSPS) is 10.3. The van der Waals surface area contributed by atoms with Crippen LogP contribution in [0.15, 0.2) is 39.7 Å². The Morgan fingerprint density at radius 3 is 2.94 bits per heavy atom. The van der Waals surface area contributed by atoms with E-state index in [9.17, 15) is 4.79 Å². The summed E-state index contributed by atoms with van der Waals surface area (Å²) in [5.41, 5.74) is 1.60. The Morgan fingerprint density at radius 1 is 1.50 bits per heavy atom. The third-order valence-corrected chi connectivity index (χ3v) is 3.07. The number of amides is 1. The van der Waals surface area contributed by atoms with Gasteiger partial charge >= 0.3 is 0 Å². The van der Waals surface area contributed by atoms with Gasteiger partial charge in [-0.05, 0) is 34.1 Å². The number of hydrogen-bond donors (Lipinski definition) is 2. The van der Waals surface area contributed by atoms with Gasteiger partial charge in [-0.15, -0.1) is 0 Å². The van der Waals surface area contributed by atoms with Gasteiger partial charge < -0.3 is 9.73 Å². The number of nitrogens with zero attached hydrogens (tertiary/aromatic N) is 1. The van der Waals surface area contributed by atoms with Crippen LogP contribution in [0.3, 0.4) is 0 Å². The van der Waals surface area contributed by atoms with Gasteiger partial charge in [-0.2, -0.15) is 0 Å². The lowest BCUT2D eigenvalue weighted by atomic mass is 10.1. The average Bonchev–Trinajstić information content (AvgIpc) is 2.82. The summed E-state index contributed by atoms with van der Waals surface area (Å²) in [4.78, 5) is 15.3. The van der Waals surface area contributed by atoms with Crippen LogP contribution in [0.4, 0.5) is 5.69 Å². The van der Waals surface area contributed by atoms with E-state index in [1.807, 2.05) is 18.2 Å². The molecule has 0 bridgehead atoms. The number of nitrogens with one attached hydrogen (secondary N) is 2. The zero-order valence-corrected chi connectivity index (χ0v) is 12.1. The van der Waals surface area contributed by atoms with E-state index in [0.29, 0.717) is 5.76 Å². The molecule has 1 aromatic carbocycles. The molecule has 0 aliphatic carbocycles. The Hall–Kier alpha value is -1.23. The first-order valence-electron chi connectivity index (χ1n) is 5.12. The number of aromatic nitrogens is 1. The molecule has 1 aromatic heterocycles. The molecule has 0 aliphatic rings. The summed E-state index contributed by atoms with van der Waals surface area (Å²) in [6.45, 7) is 0.242. The molecule has 0 fully saturated rings. The van der Waals surface area contributed by atoms with Crippen molar-refractivity contribution in [3.05, 3.63) is 35.3 Å². The second-order valence-electron chi connectivity index (χ2n) is 3.49. The van der Waals surface area contributed by atoms with Crippen molar-refractivity contribution in [1.82, 2.24) is 10.1 Å². The first kappa shape index (κ1) is 13.2. The topological polar surface area (TPSA) is 67.2 Å². The molecule has 2 aromatic rings. The van der Waals surface area contributed by atoms with E-state index < -0.39 is 0 Å². The second kappa shape index (κ2) is 6.09. The van der Waals surface area contributed by atoms with E-state index in [1.165, 1.54) is 6.39 Å². The second-order valence-corrected chi connectivity index (χ2v) is 4.75. The van der Waals surface area contributed by atoms with Crippen LogP contribution in [0, 0.1) is 0 Å². The molecule has 0 saturated carbocycles. The third kappa shape index (κ3) is 3.16. The van der Waals surface area contributed by atoms with Crippen LogP contribution in [-0.4, -0.2) is 17.4 Å². The highest BCUT2D eigenvalue weighted by Crippen LogP contribution is 2.30. The van der Waals surface area contributed by atoms with Crippen LogP contribution >= 0.6 is 25.3 Å². The van der Waals surface area contributed by atoms with Crippen LogP contribution in [-0.2, 0) is 4.79 Å². The number of anilines is 1. The van der Waals surface area contributed by atoms with Crippen LogP contribution in [0.5, 0.6) is 0 Å². The highest BCUT2D eigenvalue weighted by atomic mass is 79.9. The number of rotatable bonds is 4. The first-order valence-corrected chi connectivity index (χ1v) is 6.49. The van der Waals surface area contributed by atoms with E-state index in [-0.39, 0.29) is 12.5 Å². The number of oxazole rings is 1. The fourth-order valence-electron chi connectivity index (χ4n) is 1.44. The summed E-state index contributed by atoms with van der Waals surface area (Å²) in [6, 6.07) is 5.48. The highest BCUT2D eigenvalue weighted by molar-refractivity contribution is 9.10. The standard InChI is InChI=1S/C11H11BrN3O2P/c12-9-3-7(15-11(16)5-14-18)1-2-8(9)10-4-13-6-17-10/h1-4,6,14H,5,18H2,(H,15,16). The molecule has 94 valence electrons. The van der Waals surface area contributed by atoms with Crippen molar-refractivity contribution in [3.8, 4) is 11.3 Å². The molecule has 1 heterocycles. The Bertz CT molecular complexity index is 545. The van der Waals surface area contributed by atoms with Crippen molar-refractivity contribution in [2.45, 2.75) is 0 Å². The summed E-state index contributed by atoms with van der Waals surface area (Å²) in [6.07, 6.45) is 3.01. The predicted molar refractivity (Wildman–Crippen MR) is 76.0 cm³/mol. The smallest absolute Gasteiger partial charge is 0.238 e. The third-order valence-electron chi connectivity index (χ3n) is 2.21. The zero-order valence-electron chi connectivity index (χ0n) is 9.31. The number of hydrogen-bond acceptors (Lipinski definition) is 4. The fourth-order valence-corrected chi connectivity index (χ4v) is 2.20. The largest absolute Gasteiger partial charge is 0.443 e. The van der Waals surface area contributed by atoms with Crippen LogP contribution in [0.2, 0.25) is 0 Å². The van der Waals surface area contributed by atoms with Gasteiger partial charge in [0.25, 0.3) is 0 Å². The van der Waals surface area contributed by atoms with Gasteiger partial charge in [0.05, 0.1) is 12.7 Å². The Labute approximate surface area is 115 Å². The molecule has 2 N–H and O–H groups in total. The van der Waals surface area contributed by atoms with Gasteiger partial charge in [0, 0.05) is 15.7 Å². The molecule has 0 aliphatic heterocycles. The summed E-state index contributed by atoms with van der Waals surface area (Å²) < 4.78 is 6.05. The van der Waals surface area contributed by atoms with E-state index in [4.69, 9.17) is 4.42 Å². The molecule has 0 saturated heterocycles. The molecule has 2 rings (SSSR count). The molecule has 18 heavy (non-hydrogen) atoms. The van der Waals surface area contributed by atoms with Crippen LogP contribution in [0.25, 0.3) is 11.3 Å². The molecule has 1 amide bonds. The Kier molecular flexibility index (Phi) is 4.47. The molecular weight excluding hydrogens is 317 g/mol. The maximum absolute atomic E-state index is 11.4. The van der Waals surface area contributed by atoms with Crippen molar-refractivity contribution in [3.63, 3.8) is 0 Å². The van der Waals surface area contributed by atoms with Crippen molar-refractivity contribution >= 4 is 36.9 Å². The number of carbonyl (C=O) groups excluding carboxylic acids is 1. The lowest BCUT2D eigenvalue weighted by Gasteiger charge is -2.07. The van der Waals surface area contributed by atoms with E-state index in [1.54, 1.807) is 6.20 Å². The van der Waals surface area contributed by atoms with Crippen molar-refractivity contribution < 1.29 is 9.21 Å². The molecule has 1 unspecified atom stereocenters. The lowest BCUT2D eigenvalue weighted by Crippen LogP contribution is -2.21. The monoisotopic (exact) mass is 327 g/mol. The fraction of sp³-hybridized carbons (Fsp3) is 0.0909. The molecule has 7 heteroatoms. The maximum Gasteiger partial charge on any atom is 0.238 e. The predicted octanol–water partition coefficient (Wildman–Crippen LogP) is 2.42. The molecule has 5 nitrogen and oxygen atoms in total. The molecule has 0 spiro atoms. The number of halogens is 1. The van der Waals surface area contributed by atoms with Crippen LogP contribution < -0.4 is 10.4 Å². The first-order chi connectivity index (χ1) is 8.70. The van der Waals surface area contributed by atoms with Gasteiger partial charge in [-0.25, -0.2) is 4.98 Å². The SMILES string of the molecule is O=C(CNP)Nc1ccc(-c2cnco2)c(Br)c1. The van der Waals surface area contributed by atoms with Gasteiger partial charge in [0.15, 0.2) is 12.2 Å². The Balaban J connectivity index is 2.18. The maximum atomic E-state index is 11.4. The van der Waals surface area contributed by atoms with Crippen molar-refractivity contribution in [2.24, 2.45) is 0 Å². The molecule has 0 radical (unpaired) electrons. The van der Waals surface area contributed by atoms with Crippen molar-refractivity contribution in [1.29, 1.82) is 0 Å². The summed E-state index contributed by atoms with van der Waals surface area (Å²) in [7, 11) is 2.28. The minimum absolute atomic E-state index is 0.107. The Morgan fingerprint density at radius 2 is 2.33 bits per heavy atom. The van der Waals surface area contributed by atoms with Crippen LogP contribution in [0.1, 0.15) is 0 Å². The van der Waals surface area contributed by atoms with E-state index in [2.05, 4.69) is 40.7 Å². The van der Waals surface area contributed by atoms with Gasteiger partial charge in [0.1, 0.15) is 0 Å². The molecular formula is C11H11BrN3O2P. The number of carbonyl (C=O) groups is 1. The summed E-state index contributed by atoms with van der Waals surface area (Å²) in [5.74, 6) is 0.565. The minimum Gasteiger partial charge on any atom is -0.443 e. The highest BCUT2D eigenvalue weighted by Gasteiger charge is 2.08. The van der Waals surface area contributed by atoms with Gasteiger partial charge in [-0.3, -0.25) is 9.88 Å². The van der Waals surface area contributed by atoms with Gasteiger partial charge in [-0.1, -0.05) is 9.39 Å². The summed E-state index contributed by atoms with van der Waals surface area (Å²) >= 11 is 3.44. The average molecular weight is 328 g/mol. The lowest BCUT2D eigenvalue weighted by molar-refractivity contribution is -0.115. The van der Waals surface area contributed by atoms with Gasteiger partial charge in [0.2, 0.25) is 5.91 Å². The molecule has 1 atom stereocenters. The minimum atomic E-state index is -0.107.